The van der Waals surface area contributed by atoms with E-state index in [-0.39, 0.29) is 26.5 Å². The highest BCUT2D eigenvalue weighted by Gasteiger charge is 2.20. The first kappa shape index (κ1) is 20.6. The maximum Gasteiger partial charge on any atom is 0.328 e. The Labute approximate surface area is 174 Å². The quantitative estimate of drug-likeness (QED) is 0.598. The molecule has 150 valence electrons. The lowest BCUT2D eigenvalue weighted by Gasteiger charge is -2.15. The van der Waals surface area contributed by atoms with Gasteiger partial charge in [0, 0.05) is 0 Å². The second-order valence-electron chi connectivity index (χ2n) is 6.10. The van der Waals surface area contributed by atoms with Crippen molar-refractivity contribution in [3.63, 3.8) is 0 Å². The van der Waals surface area contributed by atoms with Crippen molar-refractivity contribution >= 4 is 51.5 Å². The van der Waals surface area contributed by atoms with E-state index in [1.54, 1.807) is 30.3 Å². The highest BCUT2D eigenvalue weighted by molar-refractivity contribution is 6.44. The molecule has 0 unspecified atom stereocenters. The number of aromatic nitrogens is 2. The number of nitrogens with zero attached hydrogens (tertiary/aromatic N) is 1. The van der Waals surface area contributed by atoms with Crippen LogP contribution in [0.2, 0.25) is 10.0 Å². The molecule has 0 spiro atoms. The number of aromatic amines is 1. The smallest absolute Gasteiger partial charge is 0.328 e. The minimum absolute atomic E-state index is 0.154. The molecule has 0 saturated heterocycles. The van der Waals surface area contributed by atoms with Gasteiger partial charge in [-0.25, -0.2) is 4.68 Å². The van der Waals surface area contributed by atoms with Crippen LogP contribution >= 0.6 is 23.2 Å². The molecule has 0 aliphatic heterocycles. The second-order valence-corrected chi connectivity index (χ2v) is 6.89. The third kappa shape index (κ3) is 4.49. The van der Waals surface area contributed by atoms with E-state index in [0.717, 1.165) is 4.68 Å². The fourth-order valence-electron chi connectivity index (χ4n) is 2.61. The van der Waals surface area contributed by atoms with Crippen molar-refractivity contribution < 1.29 is 14.3 Å². The monoisotopic (exact) mass is 435 g/mol. The van der Waals surface area contributed by atoms with Crippen molar-refractivity contribution in [1.29, 1.82) is 0 Å². The molecule has 0 radical (unpaired) electrons. The molecule has 2 aromatic carbocycles. The number of H-pyrrole nitrogens is 1. The first-order valence-electron chi connectivity index (χ1n) is 8.44. The number of ether oxygens (including phenoxy) is 1. The summed E-state index contributed by atoms with van der Waals surface area (Å²) in [4.78, 5) is 48.9. The molecular formula is C19H15Cl2N3O5. The predicted molar refractivity (Wildman–Crippen MR) is 109 cm³/mol. The Kier molecular flexibility index (Phi) is 6.05. The van der Waals surface area contributed by atoms with Crippen LogP contribution in [0.4, 0.5) is 5.69 Å². The number of hydrogen-bond acceptors (Lipinski definition) is 5. The minimum atomic E-state index is -1.18. The molecule has 0 aliphatic rings. The lowest BCUT2D eigenvalue weighted by atomic mass is 10.2. The number of hydrogen-bond donors (Lipinski definition) is 2. The Hall–Kier alpha value is -3.10. The largest absolute Gasteiger partial charge is 0.451 e. The zero-order valence-electron chi connectivity index (χ0n) is 15.1. The number of carbonyl (C=O) groups is 2. The Bertz CT molecular complexity index is 1220. The molecule has 3 aromatic rings. The van der Waals surface area contributed by atoms with Crippen molar-refractivity contribution in [2.45, 2.75) is 19.6 Å². The van der Waals surface area contributed by atoms with Gasteiger partial charge in [0.15, 0.2) is 6.10 Å². The van der Waals surface area contributed by atoms with Crippen LogP contribution in [0.1, 0.15) is 6.92 Å². The van der Waals surface area contributed by atoms with Gasteiger partial charge >= 0.3 is 5.97 Å². The Morgan fingerprint density at radius 2 is 1.79 bits per heavy atom. The van der Waals surface area contributed by atoms with Crippen molar-refractivity contribution in [1.82, 2.24) is 9.78 Å². The van der Waals surface area contributed by atoms with Gasteiger partial charge in [-0.15, -0.1) is 0 Å². The number of esters is 1. The fourth-order valence-corrected chi connectivity index (χ4v) is 2.96. The normalized spacial score (nSPS) is 11.8. The molecule has 0 aliphatic carbocycles. The Morgan fingerprint density at radius 3 is 2.52 bits per heavy atom. The van der Waals surface area contributed by atoms with E-state index < -0.39 is 35.6 Å². The summed E-state index contributed by atoms with van der Waals surface area (Å²) < 4.78 is 5.90. The van der Waals surface area contributed by atoms with Gasteiger partial charge in [0.05, 0.1) is 26.5 Å². The predicted octanol–water partition coefficient (Wildman–Crippen LogP) is 2.57. The standard InChI is InChI=1S/C19H15Cl2N3O5/c1-10(17(26)22-14-8-4-7-13(20)16(14)21)29-15(25)9-24-19(28)12-6-3-2-5-11(12)18(27)23-24/h2-8,10H,9H2,1H3,(H,22,26)(H,23,27)/t10-/m1/s1. The van der Waals surface area contributed by atoms with E-state index in [1.165, 1.54) is 19.1 Å². The summed E-state index contributed by atoms with van der Waals surface area (Å²) in [7, 11) is 0. The molecule has 3 rings (SSSR count). The molecule has 0 fully saturated rings. The number of rotatable bonds is 5. The number of carbonyl (C=O) groups excluding carboxylic acids is 2. The first-order chi connectivity index (χ1) is 13.8. The third-order valence-electron chi connectivity index (χ3n) is 4.06. The summed E-state index contributed by atoms with van der Waals surface area (Å²) in [5.41, 5.74) is -0.809. The van der Waals surface area contributed by atoms with Gasteiger partial charge in [-0.05, 0) is 31.2 Å². The molecule has 1 aromatic heterocycles. The maximum absolute atomic E-state index is 12.4. The average Bonchev–Trinajstić information content (AvgIpc) is 2.69. The fraction of sp³-hybridized carbons (Fsp3) is 0.158. The van der Waals surface area contributed by atoms with E-state index in [0.29, 0.717) is 0 Å². The van der Waals surface area contributed by atoms with Gasteiger partial charge in [-0.3, -0.25) is 24.3 Å². The SMILES string of the molecule is C[C@@H](OC(=O)Cn1[nH]c(=O)c2ccccc2c1=O)C(=O)Nc1cccc(Cl)c1Cl. The second kappa shape index (κ2) is 8.50. The van der Waals surface area contributed by atoms with Gasteiger partial charge in [0.2, 0.25) is 0 Å². The summed E-state index contributed by atoms with van der Waals surface area (Å²) in [6.07, 6.45) is -1.18. The molecule has 0 saturated carbocycles. The number of nitrogens with one attached hydrogen (secondary N) is 2. The molecular weight excluding hydrogens is 421 g/mol. The molecule has 29 heavy (non-hydrogen) atoms. The van der Waals surface area contributed by atoms with E-state index in [9.17, 15) is 19.2 Å². The van der Waals surface area contributed by atoms with Gasteiger partial charge in [0.1, 0.15) is 6.54 Å². The number of fused-ring (bicyclic) bond motifs is 1. The van der Waals surface area contributed by atoms with Crippen molar-refractivity contribution in [3.05, 3.63) is 73.2 Å². The average molecular weight is 436 g/mol. The zero-order chi connectivity index (χ0) is 21.1. The summed E-state index contributed by atoms with van der Waals surface area (Å²) >= 11 is 11.9. The maximum atomic E-state index is 12.4. The van der Waals surface area contributed by atoms with Crippen molar-refractivity contribution in [2.75, 3.05) is 5.32 Å². The number of amides is 1. The lowest BCUT2D eigenvalue weighted by Crippen LogP contribution is -2.36. The van der Waals surface area contributed by atoms with E-state index >= 15 is 0 Å². The first-order valence-corrected chi connectivity index (χ1v) is 9.19. The molecule has 1 amide bonds. The molecule has 8 nitrogen and oxygen atoms in total. The molecule has 10 heteroatoms. The van der Waals surface area contributed by atoms with Crippen LogP contribution in [-0.2, 0) is 20.9 Å². The lowest BCUT2D eigenvalue weighted by molar-refractivity contribution is -0.154. The number of benzene rings is 2. The van der Waals surface area contributed by atoms with E-state index in [2.05, 4.69) is 10.4 Å². The van der Waals surface area contributed by atoms with Crippen LogP contribution in [-0.4, -0.2) is 27.8 Å². The summed E-state index contributed by atoms with van der Waals surface area (Å²) in [5, 5.41) is 5.63. The van der Waals surface area contributed by atoms with E-state index in [4.69, 9.17) is 27.9 Å². The summed E-state index contributed by atoms with van der Waals surface area (Å²) in [6, 6.07) is 10.9. The Morgan fingerprint density at radius 1 is 1.10 bits per heavy atom. The Balaban J connectivity index is 1.70. The van der Waals surface area contributed by atoms with Crippen LogP contribution in [0.15, 0.2) is 52.1 Å². The van der Waals surface area contributed by atoms with Crippen LogP contribution in [0.3, 0.4) is 0 Å². The molecule has 1 heterocycles. The summed E-state index contributed by atoms with van der Waals surface area (Å²) in [5.74, 6) is -1.51. The molecule has 2 N–H and O–H groups in total. The van der Waals surface area contributed by atoms with Crippen LogP contribution in [0.25, 0.3) is 10.8 Å². The topological polar surface area (TPSA) is 110 Å². The highest BCUT2D eigenvalue weighted by Crippen LogP contribution is 2.29. The number of anilines is 1. The van der Waals surface area contributed by atoms with Gasteiger partial charge in [-0.2, -0.15) is 0 Å². The van der Waals surface area contributed by atoms with Crippen LogP contribution in [0.5, 0.6) is 0 Å². The molecule has 0 bridgehead atoms. The molecule has 1 atom stereocenters. The number of halogens is 2. The highest BCUT2D eigenvalue weighted by atomic mass is 35.5. The van der Waals surface area contributed by atoms with Crippen LogP contribution in [0, 0.1) is 0 Å². The minimum Gasteiger partial charge on any atom is -0.451 e. The van der Waals surface area contributed by atoms with Gasteiger partial charge in [-0.1, -0.05) is 41.4 Å². The van der Waals surface area contributed by atoms with Gasteiger partial charge in [0.25, 0.3) is 17.0 Å². The van der Waals surface area contributed by atoms with Gasteiger partial charge < -0.3 is 10.1 Å². The van der Waals surface area contributed by atoms with Crippen molar-refractivity contribution in [3.8, 4) is 0 Å². The van der Waals surface area contributed by atoms with Crippen molar-refractivity contribution in [2.24, 2.45) is 0 Å². The summed E-state index contributed by atoms with van der Waals surface area (Å²) in [6.45, 7) is 0.798. The third-order valence-corrected chi connectivity index (χ3v) is 4.88. The zero-order valence-corrected chi connectivity index (χ0v) is 16.6. The van der Waals surface area contributed by atoms with Crippen LogP contribution < -0.4 is 16.4 Å². The van der Waals surface area contributed by atoms with E-state index in [1.807, 2.05) is 0 Å².